The molecule has 5 heterocycles. The minimum atomic E-state index is -4.26. The fourth-order valence-corrected chi connectivity index (χ4v) is 11.1. The van der Waals surface area contributed by atoms with Gasteiger partial charge in [-0.25, -0.2) is 36.6 Å². The number of nitrogens with two attached hydrogens (primary N) is 1. The molecule has 0 spiro atoms. The number of anilines is 1. The number of carboxylic acid groups (broad SMARTS) is 1. The van der Waals surface area contributed by atoms with E-state index < -0.39 is 94.3 Å². The average Bonchev–Trinajstić information content (AvgIpc) is 3.80. The molecule has 4 aliphatic heterocycles. The van der Waals surface area contributed by atoms with Crippen LogP contribution >= 0.6 is 34.9 Å². The number of phenols is 4. The van der Waals surface area contributed by atoms with Crippen LogP contribution in [0.2, 0.25) is 0 Å². The number of hydrogen-bond donors (Lipinski definition) is 8. The first kappa shape index (κ1) is 45.5. The van der Waals surface area contributed by atoms with Crippen LogP contribution in [0.25, 0.3) is 0 Å². The molecule has 22 nitrogen and oxygen atoms in total. The van der Waals surface area contributed by atoms with E-state index in [1.165, 1.54) is 45.1 Å². The van der Waals surface area contributed by atoms with Crippen molar-refractivity contribution in [1.29, 1.82) is 0 Å². The molecule has 1 fully saturated rings. The fourth-order valence-electron chi connectivity index (χ4n) is 5.92. The van der Waals surface area contributed by atoms with Gasteiger partial charge in [-0.15, -0.1) is 40.4 Å². The van der Waals surface area contributed by atoms with Crippen molar-refractivity contribution in [2.75, 3.05) is 29.1 Å². The number of aliphatic imine (C=N–C) groups is 1. The van der Waals surface area contributed by atoms with Gasteiger partial charge in [-0.1, -0.05) is 5.16 Å². The van der Waals surface area contributed by atoms with Crippen molar-refractivity contribution in [3.63, 3.8) is 0 Å². The van der Waals surface area contributed by atoms with Crippen LogP contribution in [0.15, 0.2) is 96.1 Å². The maximum Gasteiger partial charge on any atom is 1.00 e. The molecule has 2 amide bonds. The number of rotatable bonds is 14. The van der Waals surface area contributed by atoms with Crippen LogP contribution in [0, 0.1) is 0 Å². The van der Waals surface area contributed by atoms with E-state index in [1.807, 2.05) is 0 Å². The number of allylic oxidation sites excluding steroid dienone is 1. The molecule has 0 saturated carbocycles. The smallest absolute Gasteiger partial charge is 1.00 e. The van der Waals surface area contributed by atoms with Gasteiger partial charge in [0.25, 0.3) is 11.8 Å². The van der Waals surface area contributed by atoms with E-state index in [9.17, 15) is 56.8 Å². The van der Waals surface area contributed by atoms with Crippen LogP contribution in [-0.2, 0) is 38.9 Å². The SMILES string of the molecule is CC1=NC2=CN(CS(=O)(=O)c3ccc(O)c(O)c3)NN2C(SCC2=C(C(=O)O)N3C(=O)[C@@H](NC(=O)C(=NOCS(=O)(=O)c4ccc(O)c(O)c4)c4csc(N)n4)[C@H]3SC2)=C1.[H-].[Na+]. The molecule has 1 aromatic heterocycles. The topological polar surface area (TPSA) is 327 Å². The number of aromatic nitrogens is 1. The van der Waals surface area contributed by atoms with E-state index in [0.29, 0.717) is 22.1 Å². The molecule has 61 heavy (non-hydrogen) atoms. The minimum absolute atomic E-state index is 0. The number of carboxylic acids is 1. The first-order chi connectivity index (χ1) is 28.3. The van der Waals surface area contributed by atoms with Crippen molar-refractivity contribution in [1.82, 2.24) is 30.8 Å². The Bertz CT molecular complexity index is 2730. The summed E-state index contributed by atoms with van der Waals surface area (Å²) in [5.41, 5.74) is 8.66. The summed E-state index contributed by atoms with van der Waals surface area (Å²) >= 11 is 3.31. The zero-order chi connectivity index (χ0) is 43.3. The number of nitrogen functional groups attached to an aromatic ring is 1. The third-order valence-corrected chi connectivity index (χ3v) is 14.8. The number of fused-ring (bicyclic) bond motifs is 2. The average molecular weight is 946 g/mol. The van der Waals surface area contributed by atoms with Crippen molar-refractivity contribution in [2.24, 2.45) is 10.1 Å². The molecular weight excluding hydrogens is 914 g/mol. The van der Waals surface area contributed by atoms with E-state index in [4.69, 9.17) is 10.6 Å². The fraction of sp³-hybridized carbons (Fsp3) is 0.212. The van der Waals surface area contributed by atoms with E-state index in [0.717, 1.165) is 52.6 Å². The number of oxime groups is 1. The Balaban J connectivity index is 0.00000363. The number of hydrazine groups is 2. The summed E-state index contributed by atoms with van der Waals surface area (Å²) in [6.07, 6.45) is 3.14. The second-order valence-electron chi connectivity index (χ2n) is 13.0. The molecular formula is C33H32N9NaO13S5. The Morgan fingerprint density at radius 2 is 1.72 bits per heavy atom. The van der Waals surface area contributed by atoms with Gasteiger partial charge in [0.2, 0.25) is 15.8 Å². The molecule has 0 bridgehead atoms. The van der Waals surface area contributed by atoms with E-state index in [-0.39, 0.29) is 63.9 Å². The number of aliphatic carboxylic acids is 1. The maximum atomic E-state index is 13.5. The quantitative estimate of drug-likeness (QED) is 0.0281. The molecule has 2 aromatic carbocycles. The predicted octanol–water partition coefficient (Wildman–Crippen LogP) is -2.13. The zero-order valence-corrected chi connectivity index (χ0v) is 37.6. The third kappa shape index (κ3) is 9.43. The van der Waals surface area contributed by atoms with Gasteiger partial charge in [-0.3, -0.25) is 19.5 Å². The third-order valence-electron chi connectivity index (χ3n) is 8.77. The normalized spacial score (nSPS) is 18.9. The van der Waals surface area contributed by atoms with Crippen molar-refractivity contribution in [2.45, 2.75) is 28.1 Å². The van der Waals surface area contributed by atoms with E-state index >= 15 is 0 Å². The summed E-state index contributed by atoms with van der Waals surface area (Å²) in [6, 6.07) is 4.69. The molecule has 0 unspecified atom stereocenters. The van der Waals surface area contributed by atoms with Crippen LogP contribution in [0.5, 0.6) is 23.0 Å². The molecule has 9 N–H and O–H groups in total. The van der Waals surface area contributed by atoms with Crippen LogP contribution in [0.1, 0.15) is 14.0 Å². The van der Waals surface area contributed by atoms with Crippen LogP contribution in [0.4, 0.5) is 5.13 Å². The first-order valence-corrected chi connectivity index (χ1v) is 23.1. The molecule has 0 radical (unpaired) electrons. The molecule has 4 aliphatic rings. The summed E-state index contributed by atoms with van der Waals surface area (Å²) < 4.78 is 51.7. The van der Waals surface area contributed by atoms with Crippen molar-refractivity contribution in [3.05, 3.63) is 81.9 Å². The number of aromatic hydroxyl groups is 4. The molecule has 7 rings (SSSR count). The van der Waals surface area contributed by atoms with E-state index in [2.05, 4.69) is 26.0 Å². The number of nitrogens with one attached hydrogen (secondary N) is 2. The van der Waals surface area contributed by atoms with Crippen molar-refractivity contribution >= 4 is 88.9 Å². The number of nitrogens with zero attached hydrogens (tertiary/aromatic N) is 6. The minimum Gasteiger partial charge on any atom is -1.00 e. The predicted molar refractivity (Wildman–Crippen MR) is 217 cm³/mol. The Kier molecular flexibility index (Phi) is 13.3. The van der Waals surface area contributed by atoms with Gasteiger partial charge in [0.05, 0.1) is 21.0 Å². The van der Waals surface area contributed by atoms with Gasteiger partial charge >= 0.3 is 35.5 Å². The van der Waals surface area contributed by atoms with Gasteiger partial charge in [0, 0.05) is 34.7 Å². The molecule has 318 valence electrons. The second-order valence-corrected chi connectivity index (χ2v) is 19.8. The van der Waals surface area contributed by atoms with Crippen molar-refractivity contribution < 1.29 is 92.6 Å². The van der Waals surface area contributed by atoms with Gasteiger partial charge < -0.3 is 42.8 Å². The Morgan fingerprint density at radius 3 is 2.33 bits per heavy atom. The summed E-state index contributed by atoms with van der Waals surface area (Å²) in [4.78, 5) is 53.6. The zero-order valence-electron chi connectivity index (χ0n) is 32.5. The first-order valence-electron chi connectivity index (χ1n) is 16.9. The summed E-state index contributed by atoms with van der Waals surface area (Å²) in [6.45, 7) is 1.71. The molecule has 1 saturated heterocycles. The number of phenolic OH excluding ortho intramolecular Hbond substituents is 4. The largest absolute Gasteiger partial charge is 1.00 e. The molecule has 28 heteroatoms. The second kappa shape index (κ2) is 17.8. The van der Waals surface area contributed by atoms with Gasteiger partial charge in [0.15, 0.2) is 49.5 Å². The molecule has 0 aliphatic carbocycles. The number of carbonyl (C=O) groups is 3. The number of hydrogen-bond acceptors (Lipinski definition) is 22. The summed E-state index contributed by atoms with van der Waals surface area (Å²) in [5, 5.41) is 58.9. The monoisotopic (exact) mass is 945 g/mol. The van der Waals surface area contributed by atoms with E-state index in [1.54, 1.807) is 13.0 Å². The number of sulfone groups is 2. The summed E-state index contributed by atoms with van der Waals surface area (Å²) in [5.74, 6) is -6.62. The Morgan fingerprint density at radius 1 is 1.07 bits per heavy atom. The number of carbonyl (C=O) groups excluding carboxylic acids is 2. The number of thioether (sulfide) groups is 2. The van der Waals surface area contributed by atoms with Gasteiger partial charge in [-0.2, -0.15) is 0 Å². The number of β-lactam (4-membered cyclic amide) rings is 1. The van der Waals surface area contributed by atoms with Gasteiger partial charge in [0.1, 0.15) is 28.7 Å². The van der Waals surface area contributed by atoms with Crippen molar-refractivity contribution in [3.8, 4) is 23.0 Å². The number of amides is 2. The Hall–Kier alpha value is -5.00. The molecule has 3 aromatic rings. The maximum absolute atomic E-state index is 13.5. The standard InChI is InChI=1S/C33H31N9O13S5.Na.H/c1-15-6-25(42-24(35-15)9-40(39-42)13-59(51,52)17-2-4-20(43)22(45)7-17)56-10-16-11-57-31-27(30(48)41(31)28(16)32(49)50)37-29(47)26(19-12-58-33(34)36-19)38-55-14-60(53,54)18-3-5-21(44)23(46)8-18;;/h2-9,12,27,31,39,43-46H,10-11,13-14H2,1H3,(H2,34,36)(H,37,47)(H,49,50);;/q;+1;-1/t27-,31-;;/m1../s1. The molecule has 2 atom stereocenters. The van der Waals surface area contributed by atoms with Crippen LogP contribution < -0.4 is 46.1 Å². The number of benzene rings is 2. The number of thiazole rings is 1. The van der Waals surface area contributed by atoms with Crippen LogP contribution in [0.3, 0.4) is 0 Å². The van der Waals surface area contributed by atoms with Crippen LogP contribution in [-0.4, -0.2) is 126 Å². The summed E-state index contributed by atoms with van der Waals surface area (Å²) in [7, 11) is -8.27. The Labute approximate surface area is 381 Å². The van der Waals surface area contributed by atoms with Gasteiger partial charge in [-0.05, 0) is 42.8 Å².